The minimum Gasteiger partial charge on any atom is -0.481 e. The Bertz CT molecular complexity index is 2300. The first-order valence-electron chi connectivity index (χ1n) is 17.5. The summed E-state index contributed by atoms with van der Waals surface area (Å²) >= 11 is 6.92. The number of alkyl halides is 3. The summed E-state index contributed by atoms with van der Waals surface area (Å²) < 4.78 is 52.1. The summed E-state index contributed by atoms with van der Waals surface area (Å²) in [6, 6.07) is 15.7. The van der Waals surface area contributed by atoms with Crippen LogP contribution in [-0.2, 0) is 28.9 Å². The molecule has 7 rings (SSSR count). The van der Waals surface area contributed by atoms with Gasteiger partial charge in [0.15, 0.2) is 0 Å². The number of benzene rings is 2. The summed E-state index contributed by atoms with van der Waals surface area (Å²) in [4.78, 5) is 45.3. The van der Waals surface area contributed by atoms with Crippen LogP contribution in [0.3, 0.4) is 0 Å². The molecule has 0 aliphatic carbocycles. The maximum absolute atomic E-state index is 15.1. The van der Waals surface area contributed by atoms with Gasteiger partial charge < -0.3 is 26.0 Å². The van der Waals surface area contributed by atoms with E-state index in [1.807, 2.05) is 6.07 Å². The Labute approximate surface area is 313 Å². The first-order valence-corrected chi connectivity index (χ1v) is 17.9. The highest BCUT2D eigenvalue weighted by molar-refractivity contribution is 6.36. The number of hydrogen-bond donors (Lipinski definition) is 4. The van der Waals surface area contributed by atoms with Crippen molar-refractivity contribution in [2.24, 2.45) is 0 Å². The van der Waals surface area contributed by atoms with E-state index in [0.29, 0.717) is 61.6 Å². The molecule has 0 unspecified atom stereocenters. The summed E-state index contributed by atoms with van der Waals surface area (Å²) in [6.07, 6.45) is 0.512. The SMILES string of the molecule is COc1nc(-c2cccc(-c3cccc(-c4ccn5c(=O)c(CNC[C@H]6CCC(=O)N6)cnc5c4)c3C(F)(F)F)c2Cl)ccc1CNC[C@@H]1CCC(=O)N1. The van der Waals surface area contributed by atoms with Crippen molar-refractivity contribution in [2.45, 2.75) is 57.0 Å². The molecule has 2 saturated heterocycles. The van der Waals surface area contributed by atoms with Crippen LogP contribution in [0.5, 0.6) is 5.88 Å². The molecule has 15 heteroatoms. The van der Waals surface area contributed by atoms with Gasteiger partial charge >= 0.3 is 6.18 Å². The first kappa shape index (κ1) is 37.0. The van der Waals surface area contributed by atoms with Gasteiger partial charge in [0.25, 0.3) is 5.56 Å². The first-order chi connectivity index (χ1) is 26.0. The number of pyridine rings is 2. The summed E-state index contributed by atoms with van der Waals surface area (Å²) in [7, 11) is 1.49. The van der Waals surface area contributed by atoms with E-state index >= 15 is 13.2 Å². The zero-order valence-electron chi connectivity index (χ0n) is 29.2. The highest BCUT2D eigenvalue weighted by atomic mass is 35.5. The number of carbonyl (C=O) groups is 2. The smallest absolute Gasteiger partial charge is 0.417 e. The molecule has 5 heterocycles. The summed E-state index contributed by atoms with van der Waals surface area (Å²) in [6.45, 7) is 1.73. The van der Waals surface area contributed by atoms with Crippen LogP contribution < -0.4 is 31.6 Å². The lowest BCUT2D eigenvalue weighted by molar-refractivity contribution is -0.136. The molecule has 0 spiro atoms. The van der Waals surface area contributed by atoms with Crippen molar-refractivity contribution in [3.8, 4) is 39.4 Å². The highest BCUT2D eigenvalue weighted by Gasteiger charge is 2.37. The minimum atomic E-state index is -4.78. The molecule has 54 heavy (non-hydrogen) atoms. The molecule has 3 aromatic heterocycles. The predicted molar refractivity (Wildman–Crippen MR) is 198 cm³/mol. The number of amides is 2. The molecule has 2 atom stereocenters. The van der Waals surface area contributed by atoms with Crippen molar-refractivity contribution in [3.63, 3.8) is 0 Å². The van der Waals surface area contributed by atoms with Gasteiger partial charge in [0.05, 0.1) is 23.4 Å². The largest absolute Gasteiger partial charge is 0.481 e. The van der Waals surface area contributed by atoms with Gasteiger partial charge in [-0.15, -0.1) is 0 Å². The third-order valence-corrected chi connectivity index (χ3v) is 10.1. The Hall–Kier alpha value is -5.31. The Balaban J connectivity index is 1.17. The van der Waals surface area contributed by atoms with E-state index in [9.17, 15) is 14.4 Å². The van der Waals surface area contributed by atoms with Crippen LogP contribution in [0.15, 0.2) is 77.9 Å². The van der Waals surface area contributed by atoms with Crippen LogP contribution in [0, 0.1) is 0 Å². The number of carbonyl (C=O) groups excluding carboxylic acids is 2. The molecule has 5 aromatic rings. The number of halogens is 4. The van der Waals surface area contributed by atoms with Crippen molar-refractivity contribution in [1.82, 2.24) is 35.6 Å². The van der Waals surface area contributed by atoms with Gasteiger partial charge in [0.2, 0.25) is 17.7 Å². The van der Waals surface area contributed by atoms with Crippen molar-refractivity contribution in [1.29, 1.82) is 0 Å². The van der Waals surface area contributed by atoms with Crippen molar-refractivity contribution in [3.05, 3.63) is 105 Å². The highest BCUT2D eigenvalue weighted by Crippen LogP contribution is 2.46. The number of fused-ring (bicyclic) bond motifs is 1. The number of nitrogens with one attached hydrogen (secondary N) is 4. The lowest BCUT2D eigenvalue weighted by atomic mass is 9.90. The van der Waals surface area contributed by atoms with Crippen molar-refractivity contribution >= 4 is 29.1 Å². The minimum absolute atomic E-state index is 0.000793. The molecule has 4 N–H and O–H groups in total. The van der Waals surface area contributed by atoms with Crippen LogP contribution in [0.1, 0.15) is 42.4 Å². The number of ether oxygens (including phenoxy) is 1. The molecule has 2 aliphatic heterocycles. The van der Waals surface area contributed by atoms with Crippen molar-refractivity contribution < 1.29 is 27.5 Å². The second-order valence-electron chi connectivity index (χ2n) is 13.4. The van der Waals surface area contributed by atoms with Crippen LogP contribution in [0.25, 0.3) is 39.2 Å². The summed E-state index contributed by atoms with van der Waals surface area (Å²) in [5.41, 5.74) is 1.10. The van der Waals surface area contributed by atoms with Crippen LogP contribution in [0.2, 0.25) is 5.02 Å². The molecule has 280 valence electrons. The zero-order chi connectivity index (χ0) is 38.0. The van der Waals surface area contributed by atoms with Crippen LogP contribution >= 0.6 is 11.6 Å². The second kappa shape index (κ2) is 15.6. The van der Waals surface area contributed by atoms with Gasteiger partial charge in [-0.2, -0.15) is 13.2 Å². The van der Waals surface area contributed by atoms with E-state index in [0.717, 1.165) is 12.0 Å². The maximum atomic E-state index is 15.1. The quantitative estimate of drug-likeness (QED) is 0.131. The third kappa shape index (κ3) is 7.81. The Kier molecular flexibility index (Phi) is 10.7. The van der Waals surface area contributed by atoms with Crippen LogP contribution in [-0.4, -0.2) is 58.5 Å². The second-order valence-corrected chi connectivity index (χ2v) is 13.7. The van der Waals surface area contributed by atoms with Gasteiger partial charge in [-0.3, -0.25) is 18.8 Å². The normalized spacial score (nSPS) is 17.2. The molecule has 2 aliphatic rings. The topological polar surface area (TPSA) is 139 Å². The monoisotopic (exact) mass is 759 g/mol. The Morgan fingerprint density at radius 2 is 1.48 bits per heavy atom. The summed E-state index contributed by atoms with van der Waals surface area (Å²) in [5.74, 6) is 0.371. The molecule has 0 saturated carbocycles. The fourth-order valence-corrected chi connectivity index (χ4v) is 7.34. The fraction of sp³-hybridized carbons (Fsp3) is 0.308. The number of rotatable bonds is 12. The van der Waals surface area contributed by atoms with E-state index in [1.54, 1.807) is 18.2 Å². The van der Waals surface area contributed by atoms with Gasteiger partial charge in [-0.25, -0.2) is 9.97 Å². The fourth-order valence-electron chi connectivity index (χ4n) is 7.02. The predicted octanol–water partition coefficient (Wildman–Crippen LogP) is 5.51. The number of hydrogen-bond acceptors (Lipinski definition) is 8. The molecule has 2 amide bonds. The molecule has 0 bridgehead atoms. The van der Waals surface area contributed by atoms with E-state index in [2.05, 4.69) is 31.2 Å². The molecular weight excluding hydrogens is 723 g/mol. The molecular formula is C39H37ClF3N7O4. The van der Waals surface area contributed by atoms with Crippen LogP contribution in [0.4, 0.5) is 13.2 Å². The third-order valence-electron chi connectivity index (χ3n) is 9.72. The van der Waals surface area contributed by atoms with E-state index in [-0.39, 0.29) is 68.9 Å². The standard InChI is InChI=1S/C39H37ClF3N7O4/c1-54-37-23(17-44-20-25-9-12-33(51)47-25)8-11-31(49-37)30-7-3-6-29(36(30)40)28-5-2-4-27(35(28)39(41,42)43)22-14-15-50-32(16-22)46-19-24(38(50)53)18-45-21-26-10-13-34(52)48-26/h2-8,11,14-16,19,25-26,44-45H,9-10,12-13,17-18,20-21H2,1H3,(H,47,51)(H,48,52)/t25-,26+/m0/s1. The van der Waals surface area contributed by atoms with E-state index in [4.69, 9.17) is 16.3 Å². The van der Waals surface area contributed by atoms with E-state index in [1.165, 1.54) is 60.3 Å². The Morgan fingerprint density at radius 1 is 0.852 bits per heavy atom. The Morgan fingerprint density at radius 3 is 2.11 bits per heavy atom. The average molecular weight is 760 g/mol. The lowest BCUT2D eigenvalue weighted by Gasteiger charge is -2.20. The maximum Gasteiger partial charge on any atom is 0.417 e. The van der Waals surface area contributed by atoms with Gasteiger partial charge in [-0.05, 0) is 47.7 Å². The molecule has 0 radical (unpaired) electrons. The number of methoxy groups -OCH3 is 1. The van der Waals surface area contributed by atoms with Gasteiger partial charge in [0, 0.05) is 85.8 Å². The molecule has 11 nitrogen and oxygen atoms in total. The average Bonchev–Trinajstić information content (AvgIpc) is 3.78. The summed E-state index contributed by atoms with van der Waals surface area (Å²) in [5, 5.41) is 12.3. The number of aromatic nitrogens is 3. The number of nitrogens with zero attached hydrogens (tertiary/aromatic N) is 3. The lowest BCUT2D eigenvalue weighted by Crippen LogP contribution is -2.36. The zero-order valence-corrected chi connectivity index (χ0v) is 30.0. The van der Waals surface area contributed by atoms with Gasteiger partial charge in [0.1, 0.15) is 5.65 Å². The molecule has 2 fully saturated rings. The van der Waals surface area contributed by atoms with Gasteiger partial charge in [-0.1, -0.05) is 54.1 Å². The van der Waals surface area contributed by atoms with E-state index < -0.39 is 11.7 Å². The molecule has 2 aromatic carbocycles. The van der Waals surface area contributed by atoms with Crippen molar-refractivity contribution in [2.75, 3.05) is 20.2 Å².